The molecule has 0 saturated carbocycles. The molecule has 8 nitrogen and oxygen atoms in total. The molecule has 1 N–H and O–H groups in total. The minimum Gasteiger partial charge on any atom is -0.323 e. The van der Waals surface area contributed by atoms with E-state index in [0.717, 1.165) is 17.8 Å². The molecule has 9 heteroatoms. The third kappa shape index (κ3) is 4.27. The van der Waals surface area contributed by atoms with E-state index in [1.807, 2.05) is 30.9 Å². The first-order valence-electron chi connectivity index (χ1n) is 8.06. The zero-order valence-electron chi connectivity index (χ0n) is 14.2. The highest BCUT2D eigenvalue weighted by Crippen LogP contribution is 2.14. The van der Waals surface area contributed by atoms with Crippen molar-refractivity contribution in [2.75, 3.05) is 5.32 Å². The Bertz CT molecular complexity index is 864. The van der Waals surface area contributed by atoms with E-state index in [4.69, 9.17) is 11.6 Å². The lowest BCUT2D eigenvalue weighted by Crippen LogP contribution is -2.15. The second-order valence-electron chi connectivity index (χ2n) is 5.73. The summed E-state index contributed by atoms with van der Waals surface area (Å²) in [4.78, 5) is 12.1. The van der Waals surface area contributed by atoms with Gasteiger partial charge in [-0.05, 0) is 13.8 Å². The van der Waals surface area contributed by atoms with Crippen molar-refractivity contribution in [1.82, 2.24) is 29.3 Å². The van der Waals surface area contributed by atoms with Crippen LogP contribution in [0.5, 0.6) is 0 Å². The van der Waals surface area contributed by atoms with E-state index in [2.05, 4.69) is 20.6 Å². The van der Waals surface area contributed by atoms with Gasteiger partial charge in [-0.25, -0.2) is 0 Å². The van der Waals surface area contributed by atoms with Gasteiger partial charge in [0.05, 0.1) is 48.1 Å². The van der Waals surface area contributed by atoms with E-state index in [1.54, 1.807) is 28.0 Å². The van der Waals surface area contributed by atoms with Crippen molar-refractivity contribution in [1.29, 1.82) is 0 Å². The van der Waals surface area contributed by atoms with Gasteiger partial charge < -0.3 is 5.32 Å². The van der Waals surface area contributed by atoms with Gasteiger partial charge in [0.2, 0.25) is 5.91 Å². The number of nitrogens with zero attached hydrogens (tertiary/aromatic N) is 6. The molecule has 0 atom stereocenters. The molecule has 0 saturated heterocycles. The third-order valence-corrected chi connectivity index (χ3v) is 4.24. The number of hydrogen-bond donors (Lipinski definition) is 1. The summed E-state index contributed by atoms with van der Waals surface area (Å²) in [5, 5.41) is 16.1. The summed E-state index contributed by atoms with van der Waals surface area (Å²) < 4.78 is 5.35. The fourth-order valence-electron chi connectivity index (χ4n) is 2.44. The van der Waals surface area contributed by atoms with Crippen molar-refractivity contribution in [2.45, 2.75) is 39.9 Å². The van der Waals surface area contributed by atoms with Crippen LogP contribution in [0.2, 0.25) is 5.02 Å². The number of nitrogens with one attached hydrogen (secondary N) is 1. The van der Waals surface area contributed by atoms with Crippen LogP contribution in [0, 0.1) is 6.92 Å². The molecule has 3 heterocycles. The molecule has 132 valence electrons. The number of carbonyl (C=O) groups excluding carboxylic acids is 1. The van der Waals surface area contributed by atoms with Crippen molar-refractivity contribution in [3.63, 3.8) is 0 Å². The van der Waals surface area contributed by atoms with Gasteiger partial charge in [0, 0.05) is 30.9 Å². The van der Waals surface area contributed by atoms with Crippen LogP contribution in [0.3, 0.4) is 0 Å². The SMILES string of the molecule is CCn1cc(Cn2cc(NC(=O)CCn3ncc(Cl)c3C)cn2)cn1. The summed E-state index contributed by atoms with van der Waals surface area (Å²) in [6, 6.07) is 0. The van der Waals surface area contributed by atoms with Crippen LogP contribution in [0.1, 0.15) is 24.6 Å². The molecule has 3 aromatic rings. The van der Waals surface area contributed by atoms with Gasteiger partial charge in [0.15, 0.2) is 0 Å². The summed E-state index contributed by atoms with van der Waals surface area (Å²) in [5.74, 6) is -0.0932. The van der Waals surface area contributed by atoms with Crippen LogP contribution >= 0.6 is 11.6 Å². The van der Waals surface area contributed by atoms with Gasteiger partial charge in [0.1, 0.15) is 0 Å². The second-order valence-corrected chi connectivity index (χ2v) is 6.14. The molecular formula is C16H20ClN7O. The highest BCUT2D eigenvalue weighted by molar-refractivity contribution is 6.31. The van der Waals surface area contributed by atoms with Crippen LogP contribution in [-0.4, -0.2) is 35.2 Å². The number of rotatable bonds is 7. The van der Waals surface area contributed by atoms with Crippen molar-refractivity contribution >= 4 is 23.2 Å². The van der Waals surface area contributed by atoms with Crippen LogP contribution in [-0.2, 0) is 24.4 Å². The molecule has 3 aromatic heterocycles. The van der Waals surface area contributed by atoms with Gasteiger partial charge in [-0.3, -0.25) is 18.8 Å². The zero-order chi connectivity index (χ0) is 17.8. The number of amides is 1. The number of carbonyl (C=O) groups is 1. The van der Waals surface area contributed by atoms with E-state index < -0.39 is 0 Å². The van der Waals surface area contributed by atoms with Gasteiger partial charge >= 0.3 is 0 Å². The minimum absolute atomic E-state index is 0.0932. The highest BCUT2D eigenvalue weighted by atomic mass is 35.5. The Morgan fingerprint density at radius 2 is 1.96 bits per heavy atom. The summed E-state index contributed by atoms with van der Waals surface area (Å²) >= 11 is 5.95. The highest BCUT2D eigenvalue weighted by Gasteiger charge is 2.09. The largest absolute Gasteiger partial charge is 0.323 e. The molecule has 0 fully saturated rings. The zero-order valence-corrected chi connectivity index (χ0v) is 14.9. The normalized spacial score (nSPS) is 11.0. The lowest BCUT2D eigenvalue weighted by Gasteiger charge is -2.05. The maximum atomic E-state index is 12.1. The van der Waals surface area contributed by atoms with Crippen LogP contribution in [0.15, 0.2) is 31.0 Å². The quantitative estimate of drug-likeness (QED) is 0.700. The fraction of sp³-hybridized carbons (Fsp3) is 0.375. The molecule has 0 radical (unpaired) electrons. The molecule has 0 spiro atoms. The van der Waals surface area contributed by atoms with Crippen molar-refractivity contribution < 1.29 is 4.79 Å². The topological polar surface area (TPSA) is 82.6 Å². The number of hydrogen-bond acceptors (Lipinski definition) is 4. The van der Waals surface area contributed by atoms with E-state index in [0.29, 0.717) is 30.2 Å². The lowest BCUT2D eigenvalue weighted by molar-refractivity contribution is -0.116. The van der Waals surface area contributed by atoms with Gasteiger partial charge in [0.25, 0.3) is 0 Å². The molecule has 0 aliphatic heterocycles. The van der Waals surface area contributed by atoms with Crippen LogP contribution in [0.4, 0.5) is 5.69 Å². The van der Waals surface area contributed by atoms with Gasteiger partial charge in [-0.2, -0.15) is 15.3 Å². The fourth-order valence-corrected chi connectivity index (χ4v) is 2.58. The van der Waals surface area contributed by atoms with Crippen LogP contribution in [0.25, 0.3) is 0 Å². The van der Waals surface area contributed by atoms with E-state index in [1.165, 1.54) is 0 Å². The van der Waals surface area contributed by atoms with Gasteiger partial charge in [-0.15, -0.1) is 0 Å². The van der Waals surface area contributed by atoms with Crippen molar-refractivity contribution in [3.8, 4) is 0 Å². The average Bonchev–Trinajstić information content (AvgIpc) is 3.30. The van der Waals surface area contributed by atoms with Crippen molar-refractivity contribution in [3.05, 3.63) is 47.3 Å². The van der Waals surface area contributed by atoms with Crippen LogP contribution < -0.4 is 5.32 Å². The number of aryl methyl sites for hydroxylation is 2. The Labute approximate surface area is 150 Å². The Morgan fingerprint density at radius 1 is 1.16 bits per heavy atom. The maximum absolute atomic E-state index is 12.1. The Balaban J connectivity index is 1.52. The van der Waals surface area contributed by atoms with E-state index >= 15 is 0 Å². The summed E-state index contributed by atoms with van der Waals surface area (Å²) in [6.07, 6.45) is 9.14. The molecule has 1 amide bonds. The molecule has 25 heavy (non-hydrogen) atoms. The average molecular weight is 362 g/mol. The molecule has 0 aliphatic rings. The molecule has 3 rings (SSSR count). The Kier molecular flexibility index (Phi) is 5.18. The Hall–Kier alpha value is -2.61. The molecular weight excluding hydrogens is 342 g/mol. The predicted octanol–water partition coefficient (Wildman–Crippen LogP) is 2.33. The number of aromatic nitrogens is 6. The summed E-state index contributed by atoms with van der Waals surface area (Å²) in [7, 11) is 0. The third-order valence-electron chi connectivity index (χ3n) is 3.87. The van der Waals surface area contributed by atoms with Gasteiger partial charge in [-0.1, -0.05) is 11.6 Å². The Morgan fingerprint density at radius 3 is 2.64 bits per heavy atom. The lowest BCUT2D eigenvalue weighted by atomic mass is 10.3. The predicted molar refractivity (Wildman–Crippen MR) is 94.5 cm³/mol. The summed E-state index contributed by atoms with van der Waals surface area (Å²) in [6.45, 7) is 5.84. The molecule has 0 aromatic carbocycles. The maximum Gasteiger partial charge on any atom is 0.226 e. The van der Waals surface area contributed by atoms with Crippen molar-refractivity contribution in [2.24, 2.45) is 0 Å². The molecule has 0 bridgehead atoms. The first-order chi connectivity index (χ1) is 12.0. The minimum atomic E-state index is -0.0932. The summed E-state index contributed by atoms with van der Waals surface area (Å²) in [5.41, 5.74) is 2.59. The standard InChI is InChI=1S/C16H20ClN7O/c1-3-22-9-13(6-18-22)10-23-11-14(7-19-23)21-16(25)4-5-24-12(2)15(17)8-20-24/h6-9,11H,3-5,10H2,1-2H3,(H,21,25). The number of halogens is 1. The van der Waals surface area contributed by atoms with E-state index in [-0.39, 0.29) is 5.91 Å². The molecule has 0 aliphatic carbocycles. The second kappa shape index (κ2) is 7.52. The number of anilines is 1. The monoisotopic (exact) mass is 361 g/mol. The first kappa shape index (κ1) is 17.2. The molecule has 0 unspecified atom stereocenters. The van der Waals surface area contributed by atoms with E-state index in [9.17, 15) is 4.79 Å². The smallest absolute Gasteiger partial charge is 0.226 e. The first-order valence-corrected chi connectivity index (χ1v) is 8.44.